The van der Waals surface area contributed by atoms with Gasteiger partial charge in [-0.3, -0.25) is 4.79 Å². The highest BCUT2D eigenvalue weighted by Crippen LogP contribution is 2.34. The van der Waals surface area contributed by atoms with E-state index in [0.29, 0.717) is 5.56 Å². The third-order valence-electron chi connectivity index (χ3n) is 3.16. The molecule has 1 atom stereocenters. The number of hydrogen-bond acceptors (Lipinski definition) is 4. The molecule has 134 valence electrons. The minimum atomic E-state index is -5.17. The van der Waals surface area contributed by atoms with Crippen LogP contribution in [0.25, 0.3) is 0 Å². The quantitative estimate of drug-likeness (QED) is 0.461. The van der Waals surface area contributed by atoms with E-state index in [4.69, 9.17) is 11.6 Å². The number of halogens is 4. The number of alkyl halides is 4. The van der Waals surface area contributed by atoms with Crippen LogP contribution in [0.1, 0.15) is 18.1 Å². The third-order valence-corrected chi connectivity index (χ3v) is 3.40. The third kappa shape index (κ3) is 4.31. The molecule has 0 bridgehead atoms. The number of carbonyl (C=O) groups is 2. The molecule has 0 aliphatic heterocycles. The summed E-state index contributed by atoms with van der Waals surface area (Å²) in [5, 5.41) is 3.70. The van der Waals surface area contributed by atoms with Crippen molar-refractivity contribution >= 4 is 29.2 Å². The van der Waals surface area contributed by atoms with Crippen LogP contribution in [-0.4, -0.2) is 36.2 Å². The van der Waals surface area contributed by atoms with E-state index in [9.17, 15) is 22.8 Å². The Morgan fingerprint density at radius 3 is 2.33 bits per heavy atom. The number of nitrogens with one attached hydrogen (secondary N) is 2. The topological polar surface area (TPSA) is 67.4 Å². The number of benzene rings is 1. The van der Waals surface area contributed by atoms with Crippen LogP contribution in [0.2, 0.25) is 0 Å². The van der Waals surface area contributed by atoms with E-state index in [0.717, 1.165) is 5.56 Å². The molecular formula is C15H18ClF3N2O3. The Bertz CT molecular complexity index is 622. The number of amides is 1. The van der Waals surface area contributed by atoms with Gasteiger partial charge in [0.05, 0.1) is 6.61 Å². The van der Waals surface area contributed by atoms with Gasteiger partial charge in [-0.25, -0.2) is 4.79 Å². The van der Waals surface area contributed by atoms with E-state index < -0.39 is 29.6 Å². The molecule has 0 aliphatic carbocycles. The number of carbonyl (C=O) groups excluding carboxylic acids is 2. The number of rotatable bonds is 6. The molecule has 2 N–H and O–H groups in total. The zero-order valence-electron chi connectivity index (χ0n) is 13.4. The summed E-state index contributed by atoms with van der Waals surface area (Å²) < 4.78 is 45.7. The van der Waals surface area contributed by atoms with Crippen LogP contribution in [0.3, 0.4) is 0 Å². The van der Waals surface area contributed by atoms with Crippen molar-refractivity contribution in [3.05, 3.63) is 29.3 Å². The number of hydrogen-bond donors (Lipinski definition) is 2. The van der Waals surface area contributed by atoms with Crippen molar-refractivity contribution in [1.29, 1.82) is 0 Å². The molecule has 9 heteroatoms. The van der Waals surface area contributed by atoms with Gasteiger partial charge in [-0.05, 0) is 32.4 Å². The van der Waals surface area contributed by atoms with Gasteiger partial charge in [-0.1, -0.05) is 17.7 Å². The predicted octanol–water partition coefficient (Wildman–Crippen LogP) is 2.89. The first kappa shape index (κ1) is 20.1. The van der Waals surface area contributed by atoms with E-state index in [2.05, 4.69) is 10.1 Å². The van der Waals surface area contributed by atoms with Gasteiger partial charge in [-0.15, -0.1) is 11.6 Å². The van der Waals surface area contributed by atoms with Crippen molar-refractivity contribution in [3.63, 3.8) is 0 Å². The van der Waals surface area contributed by atoms with Gasteiger partial charge in [0.15, 0.2) is 0 Å². The maximum Gasteiger partial charge on any atom is 0.441 e. The van der Waals surface area contributed by atoms with Gasteiger partial charge in [0.1, 0.15) is 5.88 Å². The van der Waals surface area contributed by atoms with E-state index >= 15 is 0 Å². The number of esters is 1. The van der Waals surface area contributed by atoms with Crippen LogP contribution >= 0.6 is 11.6 Å². The summed E-state index contributed by atoms with van der Waals surface area (Å²) in [6, 6.07) is 4.60. The zero-order chi connectivity index (χ0) is 18.5. The molecule has 0 spiro atoms. The van der Waals surface area contributed by atoms with Crippen molar-refractivity contribution < 1.29 is 27.5 Å². The van der Waals surface area contributed by atoms with E-state index in [1.807, 2.05) is 0 Å². The first-order valence-electron chi connectivity index (χ1n) is 7.03. The Morgan fingerprint density at radius 2 is 1.88 bits per heavy atom. The molecule has 0 saturated carbocycles. The zero-order valence-corrected chi connectivity index (χ0v) is 14.1. The lowest BCUT2D eigenvalue weighted by molar-refractivity contribution is -0.207. The van der Waals surface area contributed by atoms with Crippen LogP contribution in [0, 0.1) is 13.8 Å². The summed E-state index contributed by atoms with van der Waals surface area (Å²) in [6.07, 6.45) is -5.17. The average molecular weight is 367 g/mol. The Kier molecular flexibility index (Phi) is 6.48. The summed E-state index contributed by atoms with van der Waals surface area (Å²) in [5.74, 6) is -3.58. The van der Waals surface area contributed by atoms with Crippen molar-refractivity contribution in [2.24, 2.45) is 0 Å². The summed E-state index contributed by atoms with van der Waals surface area (Å²) in [5.41, 5.74) is -2.11. The normalized spacial score (nSPS) is 13.8. The molecule has 1 rings (SSSR count). The van der Waals surface area contributed by atoms with Crippen LogP contribution in [0.4, 0.5) is 18.9 Å². The lowest BCUT2D eigenvalue weighted by Gasteiger charge is -2.35. The van der Waals surface area contributed by atoms with Crippen molar-refractivity contribution in [2.75, 3.05) is 17.8 Å². The fraction of sp³-hybridized carbons (Fsp3) is 0.467. The Morgan fingerprint density at radius 1 is 1.25 bits per heavy atom. The van der Waals surface area contributed by atoms with Gasteiger partial charge >= 0.3 is 17.8 Å². The molecule has 1 aromatic rings. The maximum absolute atomic E-state index is 13.7. The molecule has 0 fully saturated rings. The van der Waals surface area contributed by atoms with Gasteiger partial charge in [0.25, 0.3) is 0 Å². The molecule has 24 heavy (non-hydrogen) atoms. The second kappa shape index (κ2) is 7.74. The van der Waals surface area contributed by atoms with Crippen molar-refractivity contribution in [1.82, 2.24) is 5.32 Å². The highest BCUT2D eigenvalue weighted by Gasteiger charge is 2.63. The number of aryl methyl sites for hydroxylation is 2. The van der Waals surface area contributed by atoms with Gasteiger partial charge < -0.3 is 15.4 Å². The predicted molar refractivity (Wildman–Crippen MR) is 83.8 cm³/mol. The highest BCUT2D eigenvalue weighted by molar-refractivity contribution is 6.27. The first-order chi connectivity index (χ1) is 11.1. The van der Waals surface area contributed by atoms with Gasteiger partial charge in [0, 0.05) is 5.69 Å². The molecule has 0 heterocycles. The molecule has 0 aromatic heterocycles. The highest BCUT2D eigenvalue weighted by atomic mass is 35.5. The molecule has 1 aromatic carbocycles. The summed E-state index contributed by atoms with van der Waals surface area (Å²) in [4.78, 5) is 23.6. The SMILES string of the molecule is CCOC(=O)C(NC(=O)CCl)(Nc1ccc(C)cc1C)C(F)(F)F. The van der Waals surface area contributed by atoms with Crippen molar-refractivity contribution in [3.8, 4) is 0 Å². The van der Waals surface area contributed by atoms with Gasteiger partial charge in [0.2, 0.25) is 5.91 Å². The van der Waals surface area contributed by atoms with Crippen LogP contribution in [0.5, 0.6) is 0 Å². The monoisotopic (exact) mass is 366 g/mol. The lowest BCUT2D eigenvalue weighted by Crippen LogP contribution is -2.69. The van der Waals surface area contributed by atoms with Crippen molar-refractivity contribution in [2.45, 2.75) is 32.6 Å². The second-order valence-electron chi connectivity index (χ2n) is 5.09. The standard InChI is InChI=1S/C15H18ClF3N2O3/c1-4-24-13(23)14(15(17,18)19,21-12(22)8-16)20-11-6-5-9(2)7-10(11)3/h5-7,20H,4,8H2,1-3H3,(H,21,22). The second-order valence-corrected chi connectivity index (χ2v) is 5.36. The summed E-state index contributed by atoms with van der Waals surface area (Å²) >= 11 is 5.29. The molecule has 5 nitrogen and oxygen atoms in total. The molecule has 1 amide bonds. The minimum Gasteiger partial charge on any atom is -0.463 e. The van der Waals surface area contributed by atoms with E-state index in [1.54, 1.807) is 31.3 Å². The Balaban J connectivity index is 3.43. The average Bonchev–Trinajstić information content (AvgIpc) is 2.47. The van der Waals surface area contributed by atoms with Crippen LogP contribution in [0.15, 0.2) is 18.2 Å². The lowest BCUT2D eigenvalue weighted by atomic mass is 10.1. The molecule has 0 saturated heterocycles. The van der Waals surface area contributed by atoms with Gasteiger partial charge in [-0.2, -0.15) is 13.2 Å². The molecule has 0 aliphatic rings. The number of ether oxygens (including phenoxy) is 1. The minimum absolute atomic E-state index is 0.0286. The first-order valence-corrected chi connectivity index (χ1v) is 7.57. The van der Waals surface area contributed by atoms with Crippen LogP contribution in [-0.2, 0) is 14.3 Å². The fourth-order valence-electron chi connectivity index (χ4n) is 2.03. The summed E-state index contributed by atoms with van der Waals surface area (Å²) in [7, 11) is 0. The Hall–Kier alpha value is -1.96. The maximum atomic E-state index is 13.7. The van der Waals surface area contributed by atoms with Crippen LogP contribution < -0.4 is 10.6 Å². The molecular weight excluding hydrogens is 349 g/mol. The van der Waals surface area contributed by atoms with E-state index in [-0.39, 0.29) is 12.3 Å². The smallest absolute Gasteiger partial charge is 0.441 e. The largest absolute Gasteiger partial charge is 0.463 e. The summed E-state index contributed by atoms with van der Waals surface area (Å²) in [6.45, 7) is 4.42. The number of anilines is 1. The molecule has 1 unspecified atom stereocenters. The molecule has 0 radical (unpaired) electrons. The fourth-order valence-corrected chi connectivity index (χ4v) is 2.10. The van der Waals surface area contributed by atoms with E-state index in [1.165, 1.54) is 13.0 Å². The Labute approximate surface area is 142 Å².